The van der Waals surface area contributed by atoms with Crippen molar-refractivity contribution in [3.8, 4) is 0 Å². The largest absolute Gasteiger partial charge is 0.466 e. The highest BCUT2D eigenvalue weighted by Gasteiger charge is 2.33. The first-order valence-corrected chi connectivity index (χ1v) is 6.09. The lowest BCUT2D eigenvalue weighted by molar-refractivity contribution is -0.130. The molecule has 1 rings (SSSR count). The molecule has 0 aromatic carbocycles. The SMILES string of the molecule is CCC(=O)C(C(=O)CC)C(=O)c1cc(C)oc1C. The van der Waals surface area contributed by atoms with E-state index in [4.69, 9.17) is 4.42 Å². The van der Waals surface area contributed by atoms with Crippen LogP contribution >= 0.6 is 0 Å². The first kappa shape index (κ1) is 14.4. The van der Waals surface area contributed by atoms with Crippen molar-refractivity contribution in [1.82, 2.24) is 0 Å². The van der Waals surface area contributed by atoms with Crippen LogP contribution in [0.5, 0.6) is 0 Å². The second-order valence-corrected chi connectivity index (χ2v) is 4.26. The summed E-state index contributed by atoms with van der Waals surface area (Å²) in [5, 5.41) is 0. The van der Waals surface area contributed by atoms with E-state index in [1.807, 2.05) is 0 Å². The predicted octanol–water partition coefficient (Wildman–Crippen LogP) is 2.65. The van der Waals surface area contributed by atoms with Crippen molar-refractivity contribution in [3.63, 3.8) is 0 Å². The minimum Gasteiger partial charge on any atom is -0.466 e. The van der Waals surface area contributed by atoms with Gasteiger partial charge in [0.15, 0.2) is 17.3 Å². The molecule has 0 N–H and O–H groups in total. The van der Waals surface area contributed by atoms with Crippen LogP contribution in [0, 0.1) is 19.8 Å². The average molecular weight is 250 g/mol. The quantitative estimate of drug-likeness (QED) is 0.575. The molecule has 18 heavy (non-hydrogen) atoms. The van der Waals surface area contributed by atoms with E-state index in [-0.39, 0.29) is 24.4 Å². The van der Waals surface area contributed by atoms with Gasteiger partial charge in [-0.1, -0.05) is 13.8 Å². The second-order valence-electron chi connectivity index (χ2n) is 4.26. The van der Waals surface area contributed by atoms with E-state index in [9.17, 15) is 14.4 Å². The van der Waals surface area contributed by atoms with Crippen LogP contribution in [0.25, 0.3) is 0 Å². The maximum atomic E-state index is 12.3. The minimum absolute atomic E-state index is 0.179. The number of hydrogen-bond acceptors (Lipinski definition) is 4. The summed E-state index contributed by atoms with van der Waals surface area (Å²) in [5.74, 6) is -1.22. The van der Waals surface area contributed by atoms with Gasteiger partial charge in [-0.25, -0.2) is 0 Å². The number of hydrogen-bond donors (Lipinski definition) is 0. The number of furan rings is 1. The van der Waals surface area contributed by atoms with Crippen molar-refractivity contribution >= 4 is 17.3 Å². The Hall–Kier alpha value is -1.71. The highest BCUT2D eigenvalue weighted by atomic mass is 16.3. The highest BCUT2D eigenvalue weighted by molar-refractivity contribution is 6.24. The summed E-state index contributed by atoms with van der Waals surface area (Å²) in [4.78, 5) is 35.8. The minimum atomic E-state index is -1.17. The van der Waals surface area contributed by atoms with Gasteiger partial charge >= 0.3 is 0 Å². The molecule has 0 aliphatic heterocycles. The lowest BCUT2D eigenvalue weighted by Crippen LogP contribution is -2.31. The van der Waals surface area contributed by atoms with Crippen molar-refractivity contribution in [2.45, 2.75) is 40.5 Å². The Morgan fingerprint density at radius 2 is 1.61 bits per heavy atom. The molecule has 1 aromatic heterocycles. The van der Waals surface area contributed by atoms with Gasteiger partial charge in [-0.05, 0) is 19.9 Å². The lowest BCUT2D eigenvalue weighted by atomic mass is 9.88. The Morgan fingerprint density at radius 3 is 1.94 bits per heavy atom. The molecular formula is C14H18O4. The molecule has 1 aromatic rings. The van der Waals surface area contributed by atoms with E-state index in [1.165, 1.54) is 0 Å². The molecule has 4 heteroatoms. The van der Waals surface area contributed by atoms with E-state index in [0.717, 1.165) is 0 Å². The fraction of sp³-hybridized carbons (Fsp3) is 0.500. The maximum Gasteiger partial charge on any atom is 0.184 e. The van der Waals surface area contributed by atoms with Crippen LogP contribution in [-0.2, 0) is 9.59 Å². The molecule has 4 nitrogen and oxygen atoms in total. The Balaban J connectivity index is 3.14. The Labute approximate surface area is 106 Å². The van der Waals surface area contributed by atoms with E-state index < -0.39 is 11.7 Å². The van der Waals surface area contributed by atoms with Crippen molar-refractivity contribution in [2.24, 2.45) is 5.92 Å². The molecule has 98 valence electrons. The van der Waals surface area contributed by atoms with Gasteiger partial charge in [0.05, 0.1) is 5.56 Å². The van der Waals surface area contributed by atoms with Crippen LogP contribution in [-0.4, -0.2) is 17.3 Å². The van der Waals surface area contributed by atoms with Crippen LogP contribution in [0.15, 0.2) is 10.5 Å². The number of rotatable bonds is 6. The first-order chi connectivity index (χ1) is 8.42. The van der Waals surface area contributed by atoms with Gasteiger partial charge in [-0.3, -0.25) is 14.4 Å². The predicted molar refractivity (Wildman–Crippen MR) is 66.6 cm³/mol. The number of carbonyl (C=O) groups excluding carboxylic acids is 3. The van der Waals surface area contributed by atoms with Gasteiger partial charge in [0.1, 0.15) is 17.4 Å². The van der Waals surface area contributed by atoms with Gasteiger partial charge in [0.25, 0.3) is 0 Å². The van der Waals surface area contributed by atoms with Gasteiger partial charge in [-0.2, -0.15) is 0 Å². The molecule has 1 heterocycles. The molecule has 0 unspecified atom stereocenters. The zero-order chi connectivity index (χ0) is 13.9. The van der Waals surface area contributed by atoms with Crippen LogP contribution in [0.4, 0.5) is 0 Å². The van der Waals surface area contributed by atoms with E-state index in [1.54, 1.807) is 33.8 Å². The molecular weight excluding hydrogens is 232 g/mol. The molecule has 0 saturated heterocycles. The fourth-order valence-corrected chi connectivity index (χ4v) is 1.91. The summed E-state index contributed by atoms with van der Waals surface area (Å²) in [5.41, 5.74) is 0.334. The summed E-state index contributed by atoms with van der Waals surface area (Å²) in [6.07, 6.45) is 0.357. The topological polar surface area (TPSA) is 64.3 Å². The van der Waals surface area contributed by atoms with Crippen molar-refractivity contribution in [1.29, 1.82) is 0 Å². The van der Waals surface area contributed by atoms with Crippen molar-refractivity contribution in [2.75, 3.05) is 0 Å². The second kappa shape index (κ2) is 5.76. The summed E-state index contributed by atoms with van der Waals surface area (Å²) in [7, 11) is 0. The third-order valence-electron chi connectivity index (χ3n) is 2.91. The van der Waals surface area contributed by atoms with Crippen LogP contribution in [0.2, 0.25) is 0 Å². The molecule has 0 fully saturated rings. The molecule has 0 amide bonds. The van der Waals surface area contributed by atoms with Gasteiger partial charge in [-0.15, -0.1) is 0 Å². The molecule has 0 aliphatic rings. The zero-order valence-electron chi connectivity index (χ0n) is 11.2. The number of carbonyl (C=O) groups is 3. The summed E-state index contributed by atoms with van der Waals surface area (Å²) < 4.78 is 5.27. The summed E-state index contributed by atoms with van der Waals surface area (Å²) in [6.45, 7) is 6.68. The van der Waals surface area contributed by atoms with Crippen molar-refractivity contribution < 1.29 is 18.8 Å². The average Bonchev–Trinajstić information content (AvgIpc) is 2.67. The lowest BCUT2D eigenvalue weighted by Gasteiger charge is -2.11. The van der Waals surface area contributed by atoms with Crippen LogP contribution < -0.4 is 0 Å². The van der Waals surface area contributed by atoms with E-state index >= 15 is 0 Å². The van der Waals surface area contributed by atoms with E-state index in [0.29, 0.717) is 17.1 Å². The zero-order valence-corrected chi connectivity index (χ0v) is 11.2. The smallest absolute Gasteiger partial charge is 0.184 e. The maximum absolute atomic E-state index is 12.3. The van der Waals surface area contributed by atoms with Gasteiger partial charge in [0.2, 0.25) is 0 Å². The van der Waals surface area contributed by atoms with E-state index in [2.05, 4.69) is 0 Å². The van der Waals surface area contributed by atoms with Gasteiger partial charge < -0.3 is 4.42 Å². The molecule has 0 atom stereocenters. The standard InChI is InChI=1S/C14H18O4/c1-5-11(15)13(12(16)6-2)14(17)10-7-8(3)18-9(10)4/h7,13H,5-6H2,1-4H3. The third-order valence-corrected chi connectivity index (χ3v) is 2.91. The normalized spacial score (nSPS) is 10.7. The summed E-state index contributed by atoms with van der Waals surface area (Å²) in [6, 6.07) is 1.58. The summed E-state index contributed by atoms with van der Waals surface area (Å²) >= 11 is 0. The van der Waals surface area contributed by atoms with Crippen molar-refractivity contribution in [3.05, 3.63) is 23.2 Å². The Bertz CT molecular complexity index is 466. The Morgan fingerprint density at radius 1 is 1.11 bits per heavy atom. The van der Waals surface area contributed by atoms with Crippen LogP contribution in [0.1, 0.15) is 48.6 Å². The molecule has 0 radical (unpaired) electrons. The number of aryl methyl sites for hydroxylation is 2. The third kappa shape index (κ3) is 2.75. The monoisotopic (exact) mass is 250 g/mol. The molecule has 0 saturated carbocycles. The fourth-order valence-electron chi connectivity index (χ4n) is 1.91. The number of Topliss-reactive ketones (excluding diaryl/α,β-unsaturated/α-hetero) is 3. The molecule has 0 bridgehead atoms. The molecule has 0 aliphatic carbocycles. The van der Waals surface area contributed by atoms with Gasteiger partial charge in [0, 0.05) is 12.8 Å². The molecule has 0 spiro atoms. The highest BCUT2D eigenvalue weighted by Crippen LogP contribution is 2.20. The first-order valence-electron chi connectivity index (χ1n) is 6.09. The number of ketones is 3. The van der Waals surface area contributed by atoms with Crippen LogP contribution in [0.3, 0.4) is 0 Å². The Kier molecular flexibility index (Phi) is 4.59.